The first kappa shape index (κ1) is 23.6. The fourth-order valence-corrected chi connectivity index (χ4v) is 6.35. The lowest BCUT2D eigenvalue weighted by atomic mass is 9.95. The van der Waals surface area contributed by atoms with Crippen LogP contribution in [0.2, 0.25) is 0 Å². The molecule has 7 nitrogen and oxygen atoms in total. The number of rotatable bonds is 6. The number of ether oxygens (including phenoxy) is 2. The van der Waals surface area contributed by atoms with Gasteiger partial charge in [-0.05, 0) is 56.9 Å². The summed E-state index contributed by atoms with van der Waals surface area (Å²) in [4.78, 5) is 15.7. The average molecular weight is 473 g/mol. The highest BCUT2D eigenvalue weighted by Crippen LogP contribution is 2.40. The van der Waals surface area contributed by atoms with Gasteiger partial charge in [-0.2, -0.15) is 4.31 Å². The molecule has 2 saturated heterocycles. The lowest BCUT2D eigenvalue weighted by Gasteiger charge is -2.34. The summed E-state index contributed by atoms with van der Waals surface area (Å²) in [6.45, 7) is 3.36. The van der Waals surface area contributed by atoms with Crippen LogP contribution in [0.15, 0.2) is 47.4 Å². The molecule has 4 rings (SSSR count). The average Bonchev–Trinajstić information content (AvgIpc) is 3.33. The van der Waals surface area contributed by atoms with Crippen molar-refractivity contribution in [1.29, 1.82) is 0 Å². The standard InChI is InChI=1S/C25H32N2O5S/c1-18-6-9-21(10-7-18)33(29,30)26-15-12-19(13-16-26)25(28)27-14-4-5-23(27)22-11-8-20(31-2)17-24(22)32-3/h6-11,17,19,23H,4-5,12-16H2,1-3H3/t23-/m0/s1. The van der Waals surface area contributed by atoms with E-state index in [4.69, 9.17) is 9.47 Å². The summed E-state index contributed by atoms with van der Waals surface area (Å²) >= 11 is 0. The highest BCUT2D eigenvalue weighted by molar-refractivity contribution is 7.89. The summed E-state index contributed by atoms with van der Waals surface area (Å²) in [5.74, 6) is 1.38. The van der Waals surface area contributed by atoms with Crippen LogP contribution in [-0.4, -0.2) is 57.4 Å². The van der Waals surface area contributed by atoms with Crippen molar-refractivity contribution in [1.82, 2.24) is 9.21 Å². The molecule has 0 saturated carbocycles. The largest absolute Gasteiger partial charge is 0.497 e. The summed E-state index contributed by atoms with van der Waals surface area (Å²) in [6.07, 6.45) is 2.89. The first-order chi connectivity index (χ1) is 15.8. The van der Waals surface area contributed by atoms with Crippen molar-refractivity contribution in [3.8, 4) is 11.5 Å². The van der Waals surface area contributed by atoms with E-state index in [0.29, 0.717) is 43.1 Å². The molecule has 2 heterocycles. The molecule has 2 aromatic carbocycles. The third kappa shape index (κ3) is 4.73. The van der Waals surface area contributed by atoms with Gasteiger partial charge in [0.05, 0.1) is 25.2 Å². The molecule has 1 amide bonds. The van der Waals surface area contributed by atoms with Gasteiger partial charge < -0.3 is 14.4 Å². The van der Waals surface area contributed by atoms with Gasteiger partial charge in [-0.1, -0.05) is 17.7 Å². The Morgan fingerprint density at radius 1 is 0.939 bits per heavy atom. The molecule has 0 N–H and O–H groups in total. The molecule has 0 aliphatic carbocycles. The number of amides is 1. The number of carbonyl (C=O) groups excluding carboxylic acids is 1. The highest BCUT2D eigenvalue weighted by atomic mass is 32.2. The van der Waals surface area contributed by atoms with E-state index < -0.39 is 10.0 Å². The Labute approximate surface area is 196 Å². The SMILES string of the molecule is COc1ccc([C@@H]2CCCN2C(=O)C2CCN(S(=O)(=O)c3ccc(C)cc3)CC2)c(OC)c1. The van der Waals surface area contributed by atoms with Gasteiger partial charge in [0.25, 0.3) is 0 Å². The van der Waals surface area contributed by atoms with E-state index in [1.165, 1.54) is 4.31 Å². The predicted octanol–water partition coefficient (Wildman–Crippen LogP) is 3.78. The smallest absolute Gasteiger partial charge is 0.243 e. The van der Waals surface area contributed by atoms with Crippen LogP contribution in [0.1, 0.15) is 42.9 Å². The number of aryl methyl sites for hydroxylation is 1. The summed E-state index contributed by atoms with van der Waals surface area (Å²) in [7, 11) is -0.291. The van der Waals surface area contributed by atoms with Crippen molar-refractivity contribution >= 4 is 15.9 Å². The minimum absolute atomic E-state index is 0.0346. The first-order valence-electron chi connectivity index (χ1n) is 11.4. The van der Waals surface area contributed by atoms with E-state index in [1.807, 2.05) is 42.2 Å². The Bertz CT molecular complexity index is 1090. The van der Waals surface area contributed by atoms with Crippen LogP contribution in [0.25, 0.3) is 0 Å². The van der Waals surface area contributed by atoms with Gasteiger partial charge in [-0.25, -0.2) is 8.42 Å². The van der Waals surface area contributed by atoms with Crippen molar-refractivity contribution in [2.45, 2.75) is 43.5 Å². The number of methoxy groups -OCH3 is 2. The minimum Gasteiger partial charge on any atom is -0.497 e. The van der Waals surface area contributed by atoms with Crippen LogP contribution in [0, 0.1) is 12.8 Å². The van der Waals surface area contributed by atoms with Gasteiger partial charge >= 0.3 is 0 Å². The van der Waals surface area contributed by atoms with E-state index in [-0.39, 0.29) is 17.9 Å². The molecule has 33 heavy (non-hydrogen) atoms. The van der Waals surface area contributed by atoms with Gasteiger partial charge in [0, 0.05) is 37.2 Å². The number of sulfonamides is 1. The van der Waals surface area contributed by atoms with Crippen LogP contribution >= 0.6 is 0 Å². The zero-order chi connectivity index (χ0) is 23.6. The predicted molar refractivity (Wildman–Crippen MR) is 126 cm³/mol. The molecule has 0 unspecified atom stereocenters. The molecule has 2 aliphatic heterocycles. The maximum atomic E-state index is 13.5. The summed E-state index contributed by atoms with van der Waals surface area (Å²) in [6, 6.07) is 12.6. The molecule has 178 valence electrons. The molecule has 8 heteroatoms. The molecule has 1 atom stereocenters. The Kier molecular flexibility index (Phi) is 6.95. The third-order valence-electron chi connectivity index (χ3n) is 6.80. The number of nitrogens with zero attached hydrogens (tertiary/aromatic N) is 2. The van der Waals surface area contributed by atoms with E-state index in [2.05, 4.69) is 0 Å². The Morgan fingerprint density at radius 2 is 1.64 bits per heavy atom. The van der Waals surface area contributed by atoms with E-state index >= 15 is 0 Å². The van der Waals surface area contributed by atoms with Crippen LogP contribution in [-0.2, 0) is 14.8 Å². The maximum absolute atomic E-state index is 13.5. The van der Waals surface area contributed by atoms with E-state index in [1.54, 1.807) is 26.4 Å². The summed E-state index contributed by atoms with van der Waals surface area (Å²) < 4.78 is 38.4. The minimum atomic E-state index is -3.54. The number of piperidine rings is 1. The van der Waals surface area contributed by atoms with E-state index in [0.717, 1.165) is 29.7 Å². The van der Waals surface area contributed by atoms with Gasteiger partial charge in [0.1, 0.15) is 11.5 Å². The van der Waals surface area contributed by atoms with Gasteiger partial charge in [-0.3, -0.25) is 4.79 Å². The van der Waals surface area contributed by atoms with Crippen molar-refractivity contribution in [2.24, 2.45) is 5.92 Å². The van der Waals surface area contributed by atoms with Crippen LogP contribution in [0.4, 0.5) is 0 Å². The molecule has 2 aromatic rings. The fourth-order valence-electron chi connectivity index (χ4n) is 4.88. The van der Waals surface area contributed by atoms with Crippen molar-refractivity contribution in [2.75, 3.05) is 33.9 Å². The summed E-state index contributed by atoms with van der Waals surface area (Å²) in [5.41, 5.74) is 2.01. The van der Waals surface area contributed by atoms with Gasteiger partial charge in [-0.15, -0.1) is 0 Å². The van der Waals surface area contributed by atoms with Crippen molar-refractivity contribution in [3.05, 3.63) is 53.6 Å². The molecular weight excluding hydrogens is 440 g/mol. The normalized spacial score (nSPS) is 20.1. The monoisotopic (exact) mass is 472 g/mol. The lowest BCUT2D eigenvalue weighted by molar-refractivity contribution is -0.137. The van der Waals surface area contributed by atoms with Crippen molar-refractivity contribution < 1.29 is 22.7 Å². The molecule has 0 aromatic heterocycles. The number of benzene rings is 2. The molecular formula is C25H32N2O5S. The number of hydrogen-bond donors (Lipinski definition) is 0. The van der Waals surface area contributed by atoms with Crippen molar-refractivity contribution in [3.63, 3.8) is 0 Å². The number of hydrogen-bond acceptors (Lipinski definition) is 5. The van der Waals surface area contributed by atoms with Crippen LogP contribution in [0.3, 0.4) is 0 Å². The molecule has 2 aliphatic rings. The zero-order valence-corrected chi connectivity index (χ0v) is 20.3. The topological polar surface area (TPSA) is 76.2 Å². The second-order valence-corrected chi connectivity index (χ2v) is 10.7. The van der Waals surface area contributed by atoms with Crippen LogP contribution < -0.4 is 9.47 Å². The van der Waals surface area contributed by atoms with Crippen LogP contribution in [0.5, 0.6) is 11.5 Å². The molecule has 0 bridgehead atoms. The number of carbonyl (C=O) groups is 1. The maximum Gasteiger partial charge on any atom is 0.243 e. The molecule has 0 spiro atoms. The summed E-state index contributed by atoms with van der Waals surface area (Å²) in [5, 5.41) is 0. The number of likely N-dealkylation sites (tertiary alicyclic amines) is 1. The second-order valence-electron chi connectivity index (χ2n) is 8.79. The second kappa shape index (κ2) is 9.73. The quantitative estimate of drug-likeness (QED) is 0.640. The Hall–Kier alpha value is -2.58. The Balaban J connectivity index is 1.45. The lowest BCUT2D eigenvalue weighted by Crippen LogP contribution is -2.44. The highest BCUT2D eigenvalue weighted by Gasteiger charge is 2.38. The first-order valence-corrected chi connectivity index (χ1v) is 12.9. The third-order valence-corrected chi connectivity index (χ3v) is 8.71. The van der Waals surface area contributed by atoms with Gasteiger partial charge in [0.15, 0.2) is 0 Å². The Morgan fingerprint density at radius 3 is 2.27 bits per heavy atom. The zero-order valence-electron chi connectivity index (χ0n) is 19.5. The van der Waals surface area contributed by atoms with E-state index in [9.17, 15) is 13.2 Å². The fraction of sp³-hybridized carbons (Fsp3) is 0.480. The van der Waals surface area contributed by atoms with Gasteiger partial charge in [0.2, 0.25) is 15.9 Å². The molecule has 0 radical (unpaired) electrons. The molecule has 2 fully saturated rings.